The molecule has 1 unspecified atom stereocenters. The molecular formula is C29H33N3O3S. The van der Waals surface area contributed by atoms with E-state index >= 15 is 0 Å². The number of piperidine rings is 1. The second-order valence-corrected chi connectivity index (χ2v) is 10.2. The predicted molar refractivity (Wildman–Crippen MR) is 146 cm³/mol. The molecule has 7 heteroatoms. The number of ether oxygens (including phenoxy) is 1. The number of hydrogen-bond donors (Lipinski definition) is 2. The Bertz CT molecular complexity index is 1180. The van der Waals surface area contributed by atoms with Crippen LogP contribution in [0.2, 0.25) is 0 Å². The summed E-state index contributed by atoms with van der Waals surface area (Å²) in [6, 6.07) is 18.7. The van der Waals surface area contributed by atoms with Gasteiger partial charge in [0.05, 0.1) is 13.2 Å². The fourth-order valence-electron chi connectivity index (χ4n) is 4.21. The lowest BCUT2D eigenvalue weighted by Gasteiger charge is -2.32. The van der Waals surface area contributed by atoms with Gasteiger partial charge in [-0.2, -0.15) is 0 Å². The van der Waals surface area contributed by atoms with Gasteiger partial charge in [-0.05, 0) is 85.2 Å². The summed E-state index contributed by atoms with van der Waals surface area (Å²) in [5.41, 5.74) is 2.87. The number of thiophene rings is 1. The normalized spacial score (nSPS) is 15.3. The number of nitrogens with one attached hydrogen (secondary N) is 2. The van der Waals surface area contributed by atoms with E-state index in [1.165, 1.54) is 29.9 Å². The van der Waals surface area contributed by atoms with E-state index in [4.69, 9.17) is 4.74 Å². The van der Waals surface area contributed by atoms with E-state index < -0.39 is 0 Å². The molecule has 2 amide bonds. The Hall–Kier alpha value is -3.58. The van der Waals surface area contributed by atoms with E-state index in [2.05, 4.69) is 46.7 Å². The van der Waals surface area contributed by atoms with E-state index in [0.29, 0.717) is 11.3 Å². The lowest BCUT2D eigenvalue weighted by atomic mass is 9.98. The molecule has 2 aromatic carbocycles. The Morgan fingerprint density at radius 3 is 2.36 bits per heavy atom. The number of benzene rings is 2. The van der Waals surface area contributed by atoms with Gasteiger partial charge in [-0.3, -0.25) is 9.59 Å². The summed E-state index contributed by atoms with van der Waals surface area (Å²) in [5.74, 6) is 0.751. The first-order valence-electron chi connectivity index (χ1n) is 12.3. The maximum Gasteiger partial charge on any atom is 0.268 e. The summed E-state index contributed by atoms with van der Waals surface area (Å²) in [5, 5.41) is 7.76. The molecule has 0 saturated carbocycles. The smallest absolute Gasteiger partial charge is 0.268 e. The molecule has 1 aliphatic heterocycles. The quantitative estimate of drug-likeness (QED) is 0.390. The fraction of sp³-hybridized carbons (Fsp3) is 0.310. The van der Waals surface area contributed by atoms with Crippen LogP contribution in [0.5, 0.6) is 5.75 Å². The predicted octanol–water partition coefficient (Wildman–Crippen LogP) is 5.64. The third kappa shape index (κ3) is 6.55. The molecule has 2 N–H and O–H groups in total. The summed E-state index contributed by atoms with van der Waals surface area (Å²) < 4.78 is 5.16. The van der Waals surface area contributed by atoms with Crippen molar-refractivity contribution in [2.45, 2.75) is 32.7 Å². The number of amides is 2. The van der Waals surface area contributed by atoms with Gasteiger partial charge >= 0.3 is 0 Å². The van der Waals surface area contributed by atoms with Crippen molar-refractivity contribution in [3.05, 3.63) is 87.7 Å². The van der Waals surface area contributed by atoms with Crippen LogP contribution in [-0.2, 0) is 4.79 Å². The summed E-state index contributed by atoms with van der Waals surface area (Å²) in [6.45, 7) is 6.42. The Morgan fingerprint density at radius 2 is 1.75 bits per heavy atom. The van der Waals surface area contributed by atoms with Gasteiger partial charge in [0, 0.05) is 29.2 Å². The number of hydrogen-bond acceptors (Lipinski definition) is 5. The molecule has 4 rings (SSSR count). The second-order valence-electron chi connectivity index (χ2n) is 9.21. The van der Waals surface area contributed by atoms with Crippen LogP contribution in [0.3, 0.4) is 0 Å². The van der Waals surface area contributed by atoms with Crippen molar-refractivity contribution >= 4 is 34.9 Å². The summed E-state index contributed by atoms with van der Waals surface area (Å²) in [4.78, 5) is 29.4. The molecule has 0 radical (unpaired) electrons. The van der Waals surface area contributed by atoms with Crippen molar-refractivity contribution in [2.24, 2.45) is 5.92 Å². The molecule has 1 atom stereocenters. The van der Waals surface area contributed by atoms with E-state index in [1.54, 1.807) is 37.5 Å². The minimum atomic E-state index is -0.358. The third-order valence-corrected chi connectivity index (χ3v) is 7.38. The van der Waals surface area contributed by atoms with Crippen molar-refractivity contribution in [2.75, 3.05) is 25.1 Å². The van der Waals surface area contributed by atoms with Crippen LogP contribution in [0.4, 0.5) is 5.69 Å². The summed E-state index contributed by atoms with van der Waals surface area (Å²) in [6.07, 6.45) is 4.14. The van der Waals surface area contributed by atoms with Gasteiger partial charge in [-0.25, -0.2) is 0 Å². The Kier molecular flexibility index (Phi) is 8.44. The molecule has 0 bridgehead atoms. The van der Waals surface area contributed by atoms with Crippen LogP contribution in [0.1, 0.15) is 53.5 Å². The van der Waals surface area contributed by atoms with Crippen molar-refractivity contribution in [3.63, 3.8) is 0 Å². The van der Waals surface area contributed by atoms with Crippen LogP contribution in [0.25, 0.3) is 6.08 Å². The zero-order valence-corrected chi connectivity index (χ0v) is 21.8. The average Bonchev–Trinajstić information content (AvgIpc) is 3.42. The highest BCUT2D eigenvalue weighted by Gasteiger charge is 2.19. The topological polar surface area (TPSA) is 70.7 Å². The number of nitrogens with zero attached hydrogens (tertiary/aromatic N) is 1. The van der Waals surface area contributed by atoms with E-state index in [9.17, 15) is 9.59 Å². The summed E-state index contributed by atoms with van der Waals surface area (Å²) >= 11 is 1.50. The molecular weight excluding hydrogens is 470 g/mol. The number of carbonyl (C=O) groups excluding carboxylic acids is 2. The van der Waals surface area contributed by atoms with Crippen LogP contribution >= 0.6 is 11.3 Å². The number of rotatable bonds is 8. The van der Waals surface area contributed by atoms with Crippen molar-refractivity contribution in [3.8, 4) is 5.75 Å². The Morgan fingerprint density at radius 1 is 1.06 bits per heavy atom. The third-order valence-electron chi connectivity index (χ3n) is 6.56. The standard InChI is InChI=1S/C29H33N3O3S/c1-20-14-16-32(17-15-20)24-10-6-22(7-11-24)21(2)30-29(34)27(19-26-5-4-18-36-26)31-28(33)23-8-12-25(35-3)13-9-23/h4-13,18-21H,14-17H2,1-3H3,(H,30,34)(H,31,33)/b27-19-. The van der Waals surface area contributed by atoms with Crippen molar-refractivity contribution < 1.29 is 14.3 Å². The number of methoxy groups -OCH3 is 1. The maximum atomic E-state index is 13.2. The lowest BCUT2D eigenvalue weighted by molar-refractivity contribution is -0.118. The molecule has 1 aliphatic rings. The first-order valence-corrected chi connectivity index (χ1v) is 13.2. The minimum absolute atomic E-state index is 0.198. The molecule has 188 valence electrons. The monoisotopic (exact) mass is 503 g/mol. The van der Waals surface area contributed by atoms with Gasteiger partial charge < -0.3 is 20.3 Å². The number of anilines is 1. The first-order chi connectivity index (χ1) is 17.4. The largest absolute Gasteiger partial charge is 0.497 e. The molecule has 0 aliphatic carbocycles. The van der Waals surface area contributed by atoms with E-state index in [1.807, 2.05) is 24.4 Å². The highest BCUT2D eigenvalue weighted by molar-refractivity contribution is 7.10. The number of carbonyl (C=O) groups is 2. The van der Waals surface area contributed by atoms with Crippen LogP contribution in [0, 0.1) is 5.92 Å². The van der Waals surface area contributed by atoms with Gasteiger partial charge in [-0.1, -0.05) is 25.1 Å². The molecule has 2 heterocycles. The molecule has 6 nitrogen and oxygen atoms in total. The molecule has 36 heavy (non-hydrogen) atoms. The Balaban J connectivity index is 1.44. The van der Waals surface area contributed by atoms with Gasteiger partial charge in [-0.15, -0.1) is 11.3 Å². The molecule has 1 saturated heterocycles. The lowest BCUT2D eigenvalue weighted by Crippen LogP contribution is -2.36. The van der Waals surface area contributed by atoms with Gasteiger partial charge in [0.15, 0.2) is 0 Å². The van der Waals surface area contributed by atoms with Gasteiger partial charge in [0.25, 0.3) is 11.8 Å². The average molecular weight is 504 g/mol. The fourth-order valence-corrected chi connectivity index (χ4v) is 4.87. The summed E-state index contributed by atoms with van der Waals surface area (Å²) in [7, 11) is 1.57. The SMILES string of the molecule is COc1ccc(C(=O)N/C(=C\c2cccs2)C(=O)NC(C)c2ccc(N3CCC(C)CC3)cc2)cc1. The zero-order chi connectivity index (χ0) is 25.5. The van der Waals surface area contributed by atoms with Gasteiger partial charge in [0.2, 0.25) is 0 Å². The molecule has 3 aromatic rings. The van der Waals surface area contributed by atoms with Crippen LogP contribution in [0.15, 0.2) is 71.7 Å². The minimum Gasteiger partial charge on any atom is -0.497 e. The van der Waals surface area contributed by atoms with Crippen molar-refractivity contribution in [1.82, 2.24) is 10.6 Å². The van der Waals surface area contributed by atoms with Crippen LogP contribution < -0.4 is 20.3 Å². The second kappa shape index (κ2) is 11.9. The van der Waals surface area contributed by atoms with Crippen LogP contribution in [-0.4, -0.2) is 32.0 Å². The highest BCUT2D eigenvalue weighted by Crippen LogP contribution is 2.25. The maximum absolute atomic E-state index is 13.2. The zero-order valence-electron chi connectivity index (χ0n) is 21.0. The Labute approximate surface area is 217 Å². The molecule has 1 fully saturated rings. The molecule has 0 spiro atoms. The van der Waals surface area contributed by atoms with Crippen molar-refractivity contribution in [1.29, 1.82) is 0 Å². The molecule has 1 aromatic heterocycles. The van der Waals surface area contributed by atoms with E-state index in [0.717, 1.165) is 29.4 Å². The highest BCUT2D eigenvalue weighted by atomic mass is 32.1. The first kappa shape index (κ1) is 25.5. The van der Waals surface area contributed by atoms with E-state index in [-0.39, 0.29) is 23.6 Å². The van der Waals surface area contributed by atoms with Gasteiger partial charge in [0.1, 0.15) is 11.4 Å².